The van der Waals surface area contributed by atoms with Crippen LogP contribution in [-0.4, -0.2) is 5.60 Å². The summed E-state index contributed by atoms with van der Waals surface area (Å²) >= 11 is 0. The molecule has 0 unspecified atom stereocenters. The molecule has 0 saturated heterocycles. The van der Waals surface area contributed by atoms with Crippen LogP contribution in [0.3, 0.4) is 0 Å². The van der Waals surface area contributed by atoms with Crippen LogP contribution in [0.25, 0.3) is 76.5 Å². The first kappa shape index (κ1) is 34.2. The van der Waals surface area contributed by atoms with Gasteiger partial charge in [-0.2, -0.15) is 0 Å². The van der Waals surface area contributed by atoms with Crippen molar-refractivity contribution in [2.75, 3.05) is 4.90 Å². The van der Waals surface area contributed by atoms with Gasteiger partial charge in [0.2, 0.25) is 0 Å². The Balaban J connectivity index is 1.23. The molecule has 0 radical (unpaired) electrons. The number of benzene rings is 10. The van der Waals surface area contributed by atoms with Gasteiger partial charge in [-0.25, -0.2) is 0 Å². The Morgan fingerprint density at radius 3 is 1.86 bits per heavy atom. The summed E-state index contributed by atoms with van der Waals surface area (Å²) in [7, 11) is 0. The molecule has 2 aliphatic rings. The van der Waals surface area contributed by atoms with E-state index in [0.717, 1.165) is 40.4 Å². The molecule has 12 rings (SSSR count). The van der Waals surface area contributed by atoms with Crippen molar-refractivity contribution in [2.45, 2.75) is 45.1 Å². The van der Waals surface area contributed by atoms with E-state index in [4.69, 9.17) is 4.74 Å². The molecule has 59 heavy (non-hydrogen) atoms. The molecule has 2 heteroatoms. The third-order valence-electron chi connectivity index (χ3n) is 13.3. The summed E-state index contributed by atoms with van der Waals surface area (Å²) in [6, 6.07) is 65.6. The largest absolute Gasteiger partial charge is 0.487 e. The van der Waals surface area contributed by atoms with Crippen LogP contribution in [0.15, 0.2) is 176 Å². The summed E-state index contributed by atoms with van der Waals surface area (Å²) < 4.78 is 6.91. The average Bonchev–Trinajstić information content (AvgIpc) is 3.71. The standard InChI is InChI=1S/C57H43NO/c1-56(2)34-39-19-13-23-44(55(39)59-56)47-32-46-41-20-8-9-25-48(41)57(3,4)49(46)33-51(47)58(40-29-26-36(27-30-40)35-14-6-5-7-15-35)50-31-28-38-18-11-22-43-42-21-10-16-37-17-12-24-45(52(37)42)54(50)53(38)43/h5-33H,34H2,1-4H3. The van der Waals surface area contributed by atoms with Gasteiger partial charge in [0.15, 0.2) is 0 Å². The van der Waals surface area contributed by atoms with Gasteiger partial charge in [0, 0.05) is 34.0 Å². The molecule has 1 aliphatic heterocycles. The Bertz CT molecular complexity index is 3310. The number of para-hydroxylation sites is 1. The van der Waals surface area contributed by atoms with Gasteiger partial charge < -0.3 is 9.64 Å². The van der Waals surface area contributed by atoms with Crippen molar-refractivity contribution in [2.24, 2.45) is 0 Å². The first-order chi connectivity index (χ1) is 28.7. The van der Waals surface area contributed by atoms with Gasteiger partial charge in [-0.05, 0) is 121 Å². The van der Waals surface area contributed by atoms with Crippen LogP contribution in [-0.2, 0) is 11.8 Å². The second-order valence-electron chi connectivity index (χ2n) is 17.7. The molecule has 0 saturated carbocycles. The summed E-state index contributed by atoms with van der Waals surface area (Å²) in [6.45, 7) is 9.18. The number of hydrogen-bond donors (Lipinski definition) is 0. The topological polar surface area (TPSA) is 12.5 Å². The van der Waals surface area contributed by atoms with Crippen molar-refractivity contribution in [3.8, 4) is 39.1 Å². The van der Waals surface area contributed by atoms with E-state index in [1.165, 1.54) is 82.0 Å². The predicted octanol–water partition coefficient (Wildman–Crippen LogP) is 15.6. The van der Waals surface area contributed by atoms with E-state index in [-0.39, 0.29) is 11.0 Å². The van der Waals surface area contributed by atoms with Crippen LogP contribution in [0, 0.1) is 0 Å². The Hall–Kier alpha value is -6.90. The van der Waals surface area contributed by atoms with Gasteiger partial charge in [-0.3, -0.25) is 0 Å². The minimum atomic E-state index is -0.290. The zero-order chi connectivity index (χ0) is 39.6. The first-order valence-electron chi connectivity index (χ1n) is 20.9. The summed E-state index contributed by atoms with van der Waals surface area (Å²) in [5.41, 5.74) is 14.1. The lowest BCUT2D eigenvalue weighted by molar-refractivity contribution is 0.139. The smallest absolute Gasteiger partial charge is 0.131 e. The zero-order valence-electron chi connectivity index (χ0n) is 33.8. The lowest BCUT2D eigenvalue weighted by Gasteiger charge is -2.32. The second-order valence-corrected chi connectivity index (χ2v) is 17.7. The fraction of sp³-hybridized carbons (Fsp3) is 0.123. The molecule has 1 aliphatic carbocycles. The summed E-state index contributed by atoms with van der Waals surface area (Å²) in [4.78, 5) is 2.56. The molecule has 2 nitrogen and oxygen atoms in total. The van der Waals surface area contributed by atoms with Crippen molar-refractivity contribution in [3.05, 3.63) is 193 Å². The Morgan fingerprint density at radius 1 is 0.441 bits per heavy atom. The van der Waals surface area contributed by atoms with Gasteiger partial charge in [-0.1, -0.05) is 159 Å². The first-order valence-corrected chi connectivity index (χ1v) is 20.9. The van der Waals surface area contributed by atoms with E-state index in [0.29, 0.717) is 0 Å². The summed E-state index contributed by atoms with van der Waals surface area (Å²) in [5.74, 6) is 0.990. The minimum Gasteiger partial charge on any atom is -0.487 e. The lowest BCUT2D eigenvalue weighted by Crippen LogP contribution is -2.24. The van der Waals surface area contributed by atoms with Crippen LogP contribution in [0.5, 0.6) is 5.75 Å². The van der Waals surface area contributed by atoms with Crippen molar-refractivity contribution in [1.29, 1.82) is 0 Å². The van der Waals surface area contributed by atoms with E-state index in [1.807, 2.05) is 0 Å². The molecule has 282 valence electrons. The molecule has 10 aromatic carbocycles. The van der Waals surface area contributed by atoms with E-state index in [9.17, 15) is 0 Å². The molecule has 0 spiro atoms. The van der Waals surface area contributed by atoms with Crippen LogP contribution in [0.4, 0.5) is 17.1 Å². The number of hydrogen-bond acceptors (Lipinski definition) is 2. The molecule has 0 atom stereocenters. The van der Waals surface area contributed by atoms with Crippen molar-refractivity contribution in [3.63, 3.8) is 0 Å². The van der Waals surface area contributed by atoms with Crippen molar-refractivity contribution >= 4 is 60.2 Å². The Morgan fingerprint density at radius 2 is 1.08 bits per heavy atom. The van der Waals surface area contributed by atoms with Crippen molar-refractivity contribution in [1.82, 2.24) is 0 Å². The van der Waals surface area contributed by atoms with Crippen LogP contribution >= 0.6 is 0 Å². The number of ether oxygens (including phenoxy) is 1. The lowest BCUT2D eigenvalue weighted by atomic mass is 9.81. The number of nitrogens with zero attached hydrogens (tertiary/aromatic N) is 1. The fourth-order valence-electron chi connectivity index (χ4n) is 10.6. The predicted molar refractivity (Wildman–Crippen MR) is 249 cm³/mol. The number of rotatable bonds is 5. The highest BCUT2D eigenvalue weighted by atomic mass is 16.5. The van der Waals surface area contributed by atoms with Gasteiger partial charge in [0.1, 0.15) is 11.4 Å². The maximum Gasteiger partial charge on any atom is 0.131 e. The van der Waals surface area contributed by atoms with E-state index in [1.54, 1.807) is 0 Å². The van der Waals surface area contributed by atoms with Crippen LogP contribution in [0.2, 0.25) is 0 Å². The number of fused-ring (bicyclic) bond motifs is 6. The third kappa shape index (κ3) is 4.99. The Kier molecular flexibility index (Phi) is 7.13. The SMILES string of the molecule is CC1(C)Cc2cccc(-c3cc4c(cc3N(c3ccc(-c5ccccc5)cc3)c3ccc5cccc6c7cccc8cccc(c3c56)c87)C(C)(C)c3ccccc3-4)c2O1. The molecular weight excluding hydrogens is 715 g/mol. The van der Waals surface area contributed by atoms with E-state index >= 15 is 0 Å². The molecule has 1 heterocycles. The highest BCUT2D eigenvalue weighted by molar-refractivity contribution is 6.35. The molecular formula is C57H43NO. The molecule has 0 fully saturated rings. The molecule has 0 amide bonds. The summed E-state index contributed by atoms with van der Waals surface area (Å²) in [5, 5.41) is 10.2. The Labute approximate surface area is 345 Å². The fourth-order valence-corrected chi connectivity index (χ4v) is 10.6. The van der Waals surface area contributed by atoms with Gasteiger partial charge >= 0.3 is 0 Å². The third-order valence-corrected chi connectivity index (χ3v) is 13.3. The monoisotopic (exact) mass is 757 g/mol. The van der Waals surface area contributed by atoms with Gasteiger partial charge in [0.05, 0.1) is 11.4 Å². The molecule has 0 aromatic heterocycles. The van der Waals surface area contributed by atoms with Crippen LogP contribution in [0.1, 0.15) is 44.4 Å². The maximum absolute atomic E-state index is 6.91. The molecule has 10 aromatic rings. The number of anilines is 3. The minimum absolute atomic E-state index is 0.200. The van der Waals surface area contributed by atoms with Gasteiger partial charge in [0.25, 0.3) is 0 Å². The maximum atomic E-state index is 6.91. The van der Waals surface area contributed by atoms with Crippen LogP contribution < -0.4 is 9.64 Å². The zero-order valence-corrected chi connectivity index (χ0v) is 33.8. The molecule has 0 N–H and O–H groups in total. The van der Waals surface area contributed by atoms with Crippen molar-refractivity contribution < 1.29 is 4.74 Å². The quantitative estimate of drug-likeness (QED) is 0.128. The normalized spacial score (nSPS) is 14.8. The van der Waals surface area contributed by atoms with E-state index < -0.39 is 0 Å². The van der Waals surface area contributed by atoms with Gasteiger partial charge in [-0.15, -0.1) is 0 Å². The highest BCUT2D eigenvalue weighted by Gasteiger charge is 2.39. The highest BCUT2D eigenvalue weighted by Crippen LogP contribution is 2.56. The summed E-state index contributed by atoms with van der Waals surface area (Å²) in [6.07, 6.45) is 0.873. The average molecular weight is 758 g/mol. The van der Waals surface area contributed by atoms with E-state index in [2.05, 4.69) is 209 Å². The second kappa shape index (κ2) is 12.3. The molecule has 0 bridgehead atoms.